The minimum Gasteiger partial charge on any atom is -0.472 e. The molecule has 0 aliphatic carbocycles. The normalized spacial score (nSPS) is 18.6. The van der Waals surface area contributed by atoms with Gasteiger partial charge in [0.2, 0.25) is 0 Å². The molecule has 2 N–H and O–H groups in total. The van der Waals surface area contributed by atoms with Crippen molar-refractivity contribution in [3.05, 3.63) is 75.0 Å². The van der Waals surface area contributed by atoms with Gasteiger partial charge in [-0.15, -0.1) is 0 Å². The zero-order valence-electron chi connectivity index (χ0n) is 25.8. The Labute approximate surface area is 277 Å². The fourth-order valence-corrected chi connectivity index (χ4v) is 7.18. The Hall–Kier alpha value is -3.57. The molecule has 6 rings (SSSR count). The van der Waals surface area contributed by atoms with Crippen molar-refractivity contribution >= 4 is 46.5 Å². The maximum absolute atomic E-state index is 15.8. The fraction of sp³-hybridized carbons (Fsp3) is 0.412. The molecule has 2 saturated heterocycles. The molecular weight excluding hydrogens is 634 g/mol. The first-order valence-corrected chi connectivity index (χ1v) is 16.3. The van der Waals surface area contributed by atoms with Gasteiger partial charge in [-0.05, 0) is 50.1 Å². The van der Waals surface area contributed by atoms with Crippen LogP contribution in [-0.2, 0) is 16.0 Å². The number of hydrogen-bond acceptors (Lipinski definition) is 8. The number of halogens is 3. The molecule has 2 bridgehead atoms. The van der Waals surface area contributed by atoms with Crippen LogP contribution in [0.4, 0.5) is 15.8 Å². The number of carbonyl (C=O) groups is 2. The van der Waals surface area contributed by atoms with Crippen molar-refractivity contribution in [2.75, 3.05) is 56.9 Å². The van der Waals surface area contributed by atoms with Crippen molar-refractivity contribution in [3.8, 4) is 16.9 Å². The Balaban J connectivity index is 1.26. The van der Waals surface area contributed by atoms with E-state index < -0.39 is 11.8 Å². The Morgan fingerprint density at radius 3 is 2.46 bits per heavy atom. The van der Waals surface area contributed by atoms with Gasteiger partial charge in [0.1, 0.15) is 11.6 Å². The van der Waals surface area contributed by atoms with Gasteiger partial charge >= 0.3 is 5.97 Å². The van der Waals surface area contributed by atoms with E-state index in [4.69, 9.17) is 37.4 Å². The highest BCUT2D eigenvalue weighted by atomic mass is 35.5. The second kappa shape index (κ2) is 14.0. The third kappa shape index (κ3) is 6.36. The van der Waals surface area contributed by atoms with Crippen LogP contribution >= 0.6 is 23.2 Å². The van der Waals surface area contributed by atoms with E-state index in [2.05, 4.69) is 22.5 Å². The Morgan fingerprint density at radius 2 is 1.76 bits per heavy atom. The number of rotatable bonds is 10. The minimum absolute atomic E-state index is 0.0824. The number of amides is 1. The van der Waals surface area contributed by atoms with Crippen molar-refractivity contribution in [2.45, 2.75) is 44.8 Å². The SMILES string of the molecule is CCCNCCNc1cc(Cl)c(C(=O)N2COc3c(cccc3-c3cc(N4C5CCC4COC5)c(C(=O)OC)cc3F)C2)c(Cl)c1. The quantitative estimate of drug-likeness (QED) is 0.190. The number of methoxy groups -OCH3 is 1. The number of nitrogens with zero attached hydrogens (tertiary/aromatic N) is 2. The van der Waals surface area contributed by atoms with Gasteiger partial charge < -0.3 is 34.6 Å². The van der Waals surface area contributed by atoms with Crippen LogP contribution in [0.5, 0.6) is 5.75 Å². The average Bonchev–Trinajstić information content (AvgIpc) is 3.30. The van der Waals surface area contributed by atoms with Crippen LogP contribution in [-0.4, -0.2) is 75.5 Å². The summed E-state index contributed by atoms with van der Waals surface area (Å²) in [5.74, 6) is -1.08. The lowest BCUT2D eigenvalue weighted by molar-refractivity contribution is 0.0515. The summed E-state index contributed by atoms with van der Waals surface area (Å²) in [5, 5.41) is 7.06. The molecule has 1 amide bonds. The van der Waals surface area contributed by atoms with Crippen molar-refractivity contribution in [1.82, 2.24) is 10.2 Å². The summed E-state index contributed by atoms with van der Waals surface area (Å²) in [4.78, 5) is 30.1. The number of esters is 1. The monoisotopic (exact) mass is 670 g/mol. The molecule has 3 aromatic rings. The topological polar surface area (TPSA) is 92.4 Å². The van der Waals surface area contributed by atoms with Crippen molar-refractivity contribution in [2.24, 2.45) is 0 Å². The van der Waals surface area contributed by atoms with Crippen LogP contribution in [0.2, 0.25) is 10.0 Å². The summed E-state index contributed by atoms with van der Waals surface area (Å²) in [7, 11) is 1.29. The summed E-state index contributed by atoms with van der Waals surface area (Å²) in [6.45, 7) is 5.72. The summed E-state index contributed by atoms with van der Waals surface area (Å²) in [6.07, 6.45) is 2.91. The summed E-state index contributed by atoms with van der Waals surface area (Å²) < 4.78 is 32.8. The summed E-state index contributed by atoms with van der Waals surface area (Å²) >= 11 is 13.1. The summed E-state index contributed by atoms with van der Waals surface area (Å²) in [6, 6.07) is 11.9. The number of para-hydroxylation sites is 1. The zero-order valence-corrected chi connectivity index (χ0v) is 27.3. The van der Waals surface area contributed by atoms with E-state index >= 15 is 4.39 Å². The van der Waals surface area contributed by atoms with Crippen molar-refractivity contribution in [1.29, 1.82) is 0 Å². The Kier molecular flexibility index (Phi) is 9.89. The van der Waals surface area contributed by atoms with Crippen LogP contribution < -0.4 is 20.3 Å². The van der Waals surface area contributed by atoms with Gasteiger partial charge in [0.05, 0.1) is 65.8 Å². The van der Waals surface area contributed by atoms with Gasteiger partial charge in [-0.3, -0.25) is 4.79 Å². The van der Waals surface area contributed by atoms with Gasteiger partial charge in [-0.25, -0.2) is 9.18 Å². The molecule has 2 fully saturated rings. The molecule has 2 unspecified atom stereocenters. The first-order valence-electron chi connectivity index (χ1n) is 15.6. The zero-order chi connectivity index (χ0) is 32.4. The molecule has 3 heterocycles. The summed E-state index contributed by atoms with van der Waals surface area (Å²) in [5.41, 5.74) is 3.22. The highest BCUT2D eigenvalue weighted by Crippen LogP contribution is 2.43. The van der Waals surface area contributed by atoms with E-state index in [0.29, 0.717) is 47.9 Å². The number of nitrogens with one attached hydrogen (secondary N) is 2. The van der Waals surface area contributed by atoms with E-state index in [1.54, 1.807) is 30.3 Å². The van der Waals surface area contributed by atoms with Crippen LogP contribution in [0.25, 0.3) is 11.1 Å². The average molecular weight is 672 g/mol. The molecule has 3 aliphatic heterocycles. The molecule has 2 atom stereocenters. The molecule has 9 nitrogen and oxygen atoms in total. The van der Waals surface area contributed by atoms with Crippen molar-refractivity contribution < 1.29 is 28.2 Å². The van der Waals surface area contributed by atoms with Crippen LogP contribution in [0.3, 0.4) is 0 Å². The van der Waals surface area contributed by atoms with Gasteiger partial charge in [0.25, 0.3) is 5.91 Å². The Morgan fingerprint density at radius 1 is 1.02 bits per heavy atom. The number of hydrogen-bond donors (Lipinski definition) is 2. The van der Waals surface area contributed by atoms with E-state index in [1.807, 2.05) is 6.07 Å². The number of benzene rings is 3. The van der Waals surface area contributed by atoms with Crippen LogP contribution in [0.1, 0.15) is 52.5 Å². The first-order chi connectivity index (χ1) is 22.3. The number of ether oxygens (including phenoxy) is 3. The third-order valence-corrected chi connectivity index (χ3v) is 9.32. The highest BCUT2D eigenvalue weighted by Gasteiger charge is 2.40. The molecule has 0 radical (unpaired) electrons. The molecule has 46 heavy (non-hydrogen) atoms. The maximum Gasteiger partial charge on any atom is 0.340 e. The molecular formula is C34H37Cl2FN4O5. The maximum atomic E-state index is 15.8. The third-order valence-electron chi connectivity index (χ3n) is 8.72. The molecule has 244 valence electrons. The van der Waals surface area contributed by atoms with Crippen LogP contribution in [0.15, 0.2) is 42.5 Å². The minimum atomic E-state index is -0.600. The molecule has 3 aromatic carbocycles. The predicted octanol–water partition coefficient (Wildman–Crippen LogP) is 6.36. The lowest BCUT2D eigenvalue weighted by Gasteiger charge is -2.37. The molecule has 0 aromatic heterocycles. The largest absolute Gasteiger partial charge is 0.472 e. The molecule has 12 heteroatoms. The number of morpholine rings is 1. The van der Waals surface area contributed by atoms with Crippen molar-refractivity contribution in [3.63, 3.8) is 0 Å². The second-order valence-electron chi connectivity index (χ2n) is 11.7. The first kappa shape index (κ1) is 32.4. The smallest absolute Gasteiger partial charge is 0.340 e. The highest BCUT2D eigenvalue weighted by molar-refractivity contribution is 6.40. The lowest BCUT2D eigenvalue weighted by Crippen LogP contribution is -2.46. The molecule has 0 spiro atoms. The van der Waals surface area contributed by atoms with Crippen LogP contribution in [0, 0.1) is 5.82 Å². The Bertz CT molecular complexity index is 1600. The van der Waals surface area contributed by atoms with Gasteiger partial charge in [0, 0.05) is 35.5 Å². The number of anilines is 2. The second-order valence-corrected chi connectivity index (χ2v) is 12.5. The number of fused-ring (bicyclic) bond motifs is 3. The van der Waals surface area contributed by atoms with E-state index in [-0.39, 0.29) is 52.4 Å². The standard InChI is InChI=1S/C34H37Cl2FN4O5/c1-3-9-38-10-11-39-21-12-27(35)31(28(36)13-21)33(42)40-16-20-5-4-6-24(32(20)46-19-40)25-15-30(26(14-29(25)37)34(43)44-2)41-22-7-8-23(41)18-45-17-22/h4-6,12-15,22-23,38-39H,3,7-11,16-19H2,1-2H3. The fourth-order valence-electron chi connectivity index (χ4n) is 6.53. The predicted molar refractivity (Wildman–Crippen MR) is 177 cm³/mol. The van der Waals surface area contributed by atoms with E-state index in [1.165, 1.54) is 18.1 Å². The molecule has 0 saturated carbocycles. The van der Waals surface area contributed by atoms with E-state index in [9.17, 15) is 9.59 Å². The van der Waals surface area contributed by atoms with E-state index in [0.717, 1.165) is 38.0 Å². The lowest BCUT2D eigenvalue weighted by atomic mass is 9.96. The van der Waals surface area contributed by atoms with Gasteiger partial charge in [-0.2, -0.15) is 0 Å². The van der Waals surface area contributed by atoms with Gasteiger partial charge in [-0.1, -0.05) is 48.3 Å². The number of carbonyl (C=O) groups excluding carboxylic acids is 2. The molecule has 3 aliphatic rings. The van der Waals surface area contributed by atoms with Gasteiger partial charge in [0.15, 0.2) is 6.73 Å².